The molecule has 0 bridgehead atoms. The van der Waals surface area contributed by atoms with Crippen LogP contribution in [0.4, 0.5) is 5.69 Å². The zero-order chi connectivity index (χ0) is 27.1. The van der Waals surface area contributed by atoms with Crippen LogP contribution in [0.2, 0.25) is 30.7 Å². The first kappa shape index (κ1) is 27.0. The maximum absolute atomic E-state index is 10.2. The Morgan fingerprint density at radius 1 is 1.05 bits per heavy atom. The fourth-order valence-electron chi connectivity index (χ4n) is 5.60. The molecule has 3 saturated heterocycles. The van der Waals surface area contributed by atoms with Crippen molar-refractivity contribution in [3.63, 3.8) is 0 Å². The van der Waals surface area contributed by atoms with Gasteiger partial charge in [-0.15, -0.1) is 0 Å². The summed E-state index contributed by atoms with van der Waals surface area (Å²) in [6.07, 6.45) is 0.875. The number of fused-ring (bicyclic) bond motifs is 2. The number of anilines is 1. The number of nitrogens with zero attached hydrogens (tertiary/aromatic N) is 3. The third kappa shape index (κ3) is 5.71. The normalized spacial score (nSPS) is 25.1. The first-order valence-corrected chi connectivity index (χ1v) is 18.1. The summed E-state index contributed by atoms with van der Waals surface area (Å²) >= 11 is 6.84. The Hall–Kier alpha value is -2.14. The molecule has 39 heavy (non-hydrogen) atoms. The molecule has 8 nitrogen and oxygen atoms in total. The lowest BCUT2D eigenvalue weighted by atomic mass is 10.1. The molecule has 0 amide bonds. The van der Waals surface area contributed by atoms with Crippen LogP contribution in [0, 0.1) is 0 Å². The number of ether oxygens (including phenoxy) is 4. The molecule has 0 unspecified atom stereocenters. The van der Waals surface area contributed by atoms with Gasteiger partial charge >= 0.3 is 0 Å². The van der Waals surface area contributed by atoms with Gasteiger partial charge in [0.1, 0.15) is 25.0 Å². The first-order chi connectivity index (χ1) is 18.8. The Bertz CT molecular complexity index is 1300. The van der Waals surface area contributed by atoms with Crippen LogP contribution in [0.25, 0.3) is 22.3 Å². The van der Waals surface area contributed by atoms with Crippen molar-refractivity contribution in [2.45, 2.75) is 69.7 Å². The fraction of sp³-hybridized carbons (Fsp3) is 0.552. The molecule has 3 aromatic rings. The quantitative estimate of drug-likeness (QED) is 0.280. The Kier molecular flexibility index (Phi) is 7.65. The molecule has 0 aliphatic carbocycles. The molecule has 0 saturated carbocycles. The molecular formula is C29H38ClN3O5Si. The number of halogens is 1. The summed E-state index contributed by atoms with van der Waals surface area (Å²) in [5.41, 5.74) is 4.59. The van der Waals surface area contributed by atoms with Gasteiger partial charge in [-0.1, -0.05) is 43.4 Å². The van der Waals surface area contributed by atoms with Crippen LogP contribution in [-0.2, 0) is 20.9 Å². The molecule has 3 fully saturated rings. The van der Waals surface area contributed by atoms with Gasteiger partial charge in [0.05, 0.1) is 35.0 Å². The largest absolute Gasteiger partial charge is 0.470 e. The molecule has 0 spiro atoms. The highest BCUT2D eigenvalue weighted by atomic mass is 35.5. The number of hydrogen-bond acceptors (Lipinski definition) is 7. The lowest BCUT2D eigenvalue weighted by Crippen LogP contribution is -2.35. The number of aromatic nitrogens is 2. The molecule has 1 aromatic carbocycles. The minimum absolute atomic E-state index is 0.259. The van der Waals surface area contributed by atoms with Gasteiger partial charge in [-0.25, -0.2) is 4.98 Å². The van der Waals surface area contributed by atoms with Crippen molar-refractivity contribution in [1.82, 2.24) is 9.55 Å². The Labute approximate surface area is 235 Å². The second-order valence-corrected chi connectivity index (χ2v) is 18.1. The second-order valence-electron chi connectivity index (χ2n) is 12.0. The van der Waals surface area contributed by atoms with Gasteiger partial charge in [0.25, 0.3) is 0 Å². The predicted octanol–water partition coefficient (Wildman–Crippen LogP) is 5.18. The highest BCUT2D eigenvalue weighted by Crippen LogP contribution is 2.36. The van der Waals surface area contributed by atoms with E-state index in [0.29, 0.717) is 30.8 Å². The zero-order valence-electron chi connectivity index (χ0n) is 22.9. The van der Waals surface area contributed by atoms with Crippen molar-refractivity contribution in [1.29, 1.82) is 0 Å². The van der Waals surface area contributed by atoms with E-state index in [1.807, 2.05) is 16.7 Å². The van der Waals surface area contributed by atoms with E-state index >= 15 is 0 Å². The molecule has 10 heteroatoms. The molecule has 1 N–H and O–H groups in total. The lowest BCUT2D eigenvalue weighted by molar-refractivity contribution is 0.00479. The van der Waals surface area contributed by atoms with Crippen LogP contribution in [-0.4, -0.2) is 80.1 Å². The van der Waals surface area contributed by atoms with E-state index in [1.165, 1.54) is 18.5 Å². The fourth-order valence-corrected chi connectivity index (χ4v) is 6.61. The predicted molar refractivity (Wildman–Crippen MR) is 156 cm³/mol. The van der Waals surface area contributed by atoms with Gasteiger partial charge in [-0.05, 0) is 37.1 Å². The number of hydrogen-bond donors (Lipinski definition) is 1. The van der Waals surface area contributed by atoms with Gasteiger partial charge in [-0.3, -0.25) is 4.57 Å². The number of aliphatic hydroxyl groups is 1. The second kappa shape index (κ2) is 11.0. The van der Waals surface area contributed by atoms with Crippen molar-refractivity contribution in [2.24, 2.45) is 0 Å². The number of rotatable bonds is 9. The summed E-state index contributed by atoms with van der Waals surface area (Å²) in [6.45, 7) is 10.9. The topological polar surface area (TPSA) is 78.2 Å². The number of pyridine rings is 1. The van der Waals surface area contributed by atoms with Crippen LogP contribution in [0.3, 0.4) is 0 Å². The average Bonchev–Trinajstić information content (AvgIpc) is 3.69. The minimum atomic E-state index is -1.22. The minimum Gasteiger partial charge on any atom is -0.470 e. The SMILES string of the molecule is C[Si](C)(C)CCOCn1c(O[C@@H]2CO[C@H]3[C@@H]2OC[C@H]3O)cc2nc(-c3ccc(N4CCCC4)cc3)c(Cl)cc21. The molecule has 3 aliphatic heterocycles. The van der Waals surface area contributed by atoms with E-state index in [9.17, 15) is 5.11 Å². The standard InChI is InChI=1S/C29H38ClN3O5Si/c1-39(2,3)13-12-35-18-33-23-14-21(30)27(19-6-8-20(9-7-19)32-10-4-5-11-32)31-22(23)15-26(33)38-25-17-37-28-24(34)16-36-29(25)28/h6-9,14-15,24-25,28-29,34H,4-5,10-13,16-18H2,1-3H3/t24-,25-,28-,29-/m1/s1. The zero-order valence-corrected chi connectivity index (χ0v) is 24.7. The number of benzene rings is 1. The van der Waals surface area contributed by atoms with Gasteiger partial charge in [0.2, 0.25) is 0 Å². The van der Waals surface area contributed by atoms with Crippen molar-refractivity contribution in [2.75, 3.05) is 37.8 Å². The summed E-state index contributed by atoms with van der Waals surface area (Å²) in [6, 6.07) is 13.5. The summed E-state index contributed by atoms with van der Waals surface area (Å²) in [5, 5.41) is 10.7. The van der Waals surface area contributed by atoms with Crippen LogP contribution >= 0.6 is 11.6 Å². The summed E-state index contributed by atoms with van der Waals surface area (Å²) in [4.78, 5) is 7.39. The van der Waals surface area contributed by atoms with Gasteiger partial charge < -0.3 is 29.0 Å². The van der Waals surface area contributed by atoms with Gasteiger partial charge in [0.15, 0.2) is 12.0 Å². The number of aliphatic hydroxyl groups excluding tert-OH is 1. The third-order valence-electron chi connectivity index (χ3n) is 7.88. The maximum atomic E-state index is 10.2. The van der Waals surface area contributed by atoms with Gasteiger partial charge in [-0.2, -0.15) is 0 Å². The molecule has 5 heterocycles. The molecule has 2 aromatic heterocycles. The smallest absolute Gasteiger partial charge is 0.198 e. The average molecular weight is 572 g/mol. The summed E-state index contributed by atoms with van der Waals surface area (Å²) < 4.78 is 26.1. The van der Waals surface area contributed by atoms with Crippen LogP contribution in [0.15, 0.2) is 36.4 Å². The lowest BCUT2D eigenvalue weighted by Gasteiger charge is -2.20. The molecular weight excluding hydrogens is 534 g/mol. The van der Waals surface area contributed by atoms with E-state index < -0.39 is 14.2 Å². The van der Waals surface area contributed by atoms with E-state index in [1.54, 1.807) is 0 Å². The Balaban J connectivity index is 1.29. The van der Waals surface area contributed by atoms with Crippen LogP contribution in [0.5, 0.6) is 5.88 Å². The molecule has 3 aliphatic rings. The van der Waals surface area contributed by atoms with Crippen LogP contribution in [0.1, 0.15) is 12.8 Å². The van der Waals surface area contributed by atoms with Crippen molar-refractivity contribution in [3.05, 3.63) is 41.4 Å². The molecule has 6 rings (SSSR count). The van der Waals surface area contributed by atoms with Crippen molar-refractivity contribution in [3.8, 4) is 17.1 Å². The Morgan fingerprint density at radius 3 is 2.54 bits per heavy atom. The molecule has 210 valence electrons. The Morgan fingerprint density at radius 2 is 1.79 bits per heavy atom. The highest BCUT2D eigenvalue weighted by Gasteiger charge is 2.48. The summed E-state index contributed by atoms with van der Waals surface area (Å²) in [7, 11) is -1.22. The van der Waals surface area contributed by atoms with E-state index in [4.69, 9.17) is 35.5 Å². The maximum Gasteiger partial charge on any atom is 0.198 e. The molecule has 4 atom stereocenters. The first-order valence-electron chi connectivity index (χ1n) is 14.0. The highest BCUT2D eigenvalue weighted by molar-refractivity contribution is 6.76. The van der Waals surface area contributed by atoms with Crippen molar-refractivity contribution >= 4 is 36.4 Å². The van der Waals surface area contributed by atoms with E-state index in [0.717, 1.165) is 41.4 Å². The van der Waals surface area contributed by atoms with E-state index in [2.05, 4.69) is 48.8 Å². The monoisotopic (exact) mass is 571 g/mol. The van der Waals surface area contributed by atoms with Crippen molar-refractivity contribution < 1.29 is 24.1 Å². The van der Waals surface area contributed by atoms with Crippen LogP contribution < -0.4 is 9.64 Å². The van der Waals surface area contributed by atoms with E-state index in [-0.39, 0.29) is 24.9 Å². The van der Waals surface area contributed by atoms with Gasteiger partial charge in [0, 0.05) is 45.1 Å². The summed E-state index contributed by atoms with van der Waals surface area (Å²) in [5.74, 6) is 0.627. The third-order valence-corrected chi connectivity index (χ3v) is 9.88. The molecule has 0 radical (unpaired) electrons.